The van der Waals surface area contributed by atoms with Gasteiger partial charge in [-0.15, -0.1) is 11.3 Å². The minimum absolute atomic E-state index is 0.188. The highest BCUT2D eigenvalue weighted by Crippen LogP contribution is 2.27. The average Bonchev–Trinajstić information content (AvgIpc) is 2.88. The summed E-state index contributed by atoms with van der Waals surface area (Å²) in [5, 5.41) is 6.71. The van der Waals surface area contributed by atoms with Crippen molar-refractivity contribution < 1.29 is 9.53 Å². The van der Waals surface area contributed by atoms with Crippen LogP contribution in [0.4, 0.5) is 10.8 Å². The number of rotatable bonds is 6. The van der Waals surface area contributed by atoms with Crippen molar-refractivity contribution in [2.45, 2.75) is 19.8 Å². The predicted octanol–water partition coefficient (Wildman–Crippen LogP) is 4.64. The summed E-state index contributed by atoms with van der Waals surface area (Å²) in [6.07, 6.45) is 0.949. The van der Waals surface area contributed by atoms with Gasteiger partial charge < -0.3 is 10.1 Å². The topological polar surface area (TPSA) is 51.2 Å². The zero-order chi connectivity index (χ0) is 15.2. The van der Waals surface area contributed by atoms with Crippen molar-refractivity contribution in [3.8, 4) is 0 Å². The molecule has 0 atom stereocenters. The van der Waals surface area contributed by atoms with Crippen LogP contribution in [-0.4, -0.2) is 17.6 Å². The molecule has 0 saturated carbocycles. The van der Waals surface area contributed by atoms with Gasteiger partial charge in [-0.2, -0.15) is 0 Å². The molecule has 0 amide bonds. The monoisotopic (exact) mass is 436 g/mol. The van der Waals surface area contributed by atoms with Gasteiger partial charge in [-0.05, 0) is 47.7 Å². The predicted molar refractivity (Wildman–Crippen MR) is 94.5 cm³/mol. The number of halogens is 2. The highest BCUT2D eigenvalue weighted by atomic mass is 127. The lowest BCUT2D eigenvalue weighted by atomic mass is 10.2. The Kier molecular flexibility index (Phi) is 6.25. The van der Waals surface area contributed by atoms with Crippen LogP contribution in [0.5, 0.6) is 0 Å². The van der Waals surface area contributed by atoms with Gasteiger partial charge in [0.05, 0.1) is 24.4 Å². The van der Waals surface area contributed by atoms with E-state index in [0.29, 0.717) is 24.5 Å². The molecular formula is C14H14ClIN2O2S. The minimum Gasteiger partial charge on any atom is -0.466 e. The molecule has 112 valence electrons. The molecule has 0 saturated heterocycles. The molecule has 1 N–H and O–H groups in total. The Morgan fingerprint density at radius 3 is 3.05 bits per heavy atom. The molecule has 0 aliphatic rings. The van der Waals surface area contributed by atoms with Crippen molar-refractivity contribution in [3.05, 3.63) is 37.9 Å². The van der Waals surface area contributed by atoms with Crippen LogP contribution < -0.4 is 5.32 Å². The van der Waals surface area contributed by atoms with Gasteiger partial charge in [0.15, 0.2) is 5.13 Å². The number of esters is 1. The van der Waals surface area contributed by atoms with Crippen molar-refractivity contribution in [2.24, 2.45) is 0 Å². The van der Waals surface area contributed by atoms with E-state index >= 15 is 0 Å². The van der Waals surface area contributed by atoms with E-state index in [9.17, 15) is 4.79 Å². The molecule has 1 heterocycles. The Balaban J connectivity index is 1.95. The van der Waals surface area contributed by atoms with Gasteiger partial charge in [0.25, 0.3) is 0 Å². The third-order valence-electron chi connectivity index (χ3n) is 2.62. The van der Waals surface area contributed by atoms with Gasteiger partial charge in [0.2, 0.25) is 0 Å². The molecule has 0 aliphatic heterocycles. The second kappa shape index (κ2) is 7.95. The van der Waals surface area contributed by atoms with Crippen LogP contribution in [0.25, 0.3) is 0 Å². The third-order valence-corrected chi connectivity index (χ3v) is 4.55. The largest absolute Gasteiger partial charge is 0.466 e. The van der Waals surface area contributed by atoms with Gasteiger partial charge in [-0.3, -0.25) is 4.79 Å². The Hall–Kier alpha value is -0.860. The number of thiazole rings is 1. The first-order valence-corrected chi connectivity index (χ1v) is 8.74. The first-order chi connectivity index (χ1) is 10.1. The minimum atomic E-state index is -0.188. The summed E-state index contributed by atoms with van der Waals surface area (Å²) in [5.41, 5.74) is 1.85. The molecule has 1 aromatic heterocycles. The number of benzene rings is 1. The normalized spacial score (nSPS) is 10.4. The molecule has 0 spiro atoms. The molecule has 7 heteroatoms. The lowest BCUT2D eigenvalue weighted by Crippen LogP contribution is -2.05. The molecule has 0 bridgehead atoms. The van der Waals surface area contributed by atoms with Crippen LogP contribution in [0, 0.1) is 3.57 Å². The third kappa shape index (κ3) is 5.12. The van der Waals surface area contributed by atoms with Crippen molar-refractivity contribution in [1.82, 2.24) is 4.98 Å². The molecule has 1 aromatic carbocycles. The number of aromatic nitrogens is 1. The molecule has 0 radical (unpaired) electrons. The van der Waals surface area contributed by atoms with Gasteiger partial charge >= 0.3 is 5.97 Å². The molecule has 2 aromatic rings. The van der Waals surface area contributed by atoms with Crippen LogP contribution in [0.1, 0.15) is 19.0 Å². The average molecular weight is 437 g/mol. The summed E-state index contributed by atoms with van der Waals surface area (Å²) in [4.78, 5) is 15.8. The Labute approximate surface area is 146 Å². The van der Waals surface area contributed by atoms with Gasteiger partial charge in [-0.25, -0.2) is 4.98 Å². The number of nitrogens with one attached hydrogen (secondary N) is 1. The number of ether oxygens (including phenoxy) is 1. The summed E-state index contributed by atoms with van der Waals surface area (Å²) in [6.45, 7) is 2.22. The van der Waals surface area contributed by atoms with E-state index in [0.717, 1.165) is 20.1 Å². The molecule has 0 aliphatic carbocycles. The maximum absolute atomic E-state index is 11.3. The lowest BCUT2D eigenvalue weighted by Gasteiger charge is -2.05. The maximum atomic E-state index is 11.3. The second-order valence-electron chi connectivity index (χ2n) is 4.20. The fourth-order valence-electron chi connectivity index (χ4n) is 1.65. The fraction of sp³-hybridized carbons (Fsp3) is 0.286. The van der Waals surface area contributed by atoms with E-state index in [1.54, 1.807) is 6.92 Å². The van der Waals surface area contributed by atoms with E-state index in [1.165, 1.54) is 11.3 Å². The van der Waals surface area contributed by atoms with Crippen molar-refractivity contribution in [2.75, 3.05) is 11.9 Å². The first kappa shape index (κ1) is 16.5. The number of hydrogen-bond acceptors (Lipinski definition) is 5. The molecular weight excluding hydrogens is 423 g/mol. The Bertz CT molecular complexity index is 633. The zero-order valence-electron chi connectivity index (χ0n) is 11.4. The van der Waals surface area contributed by atoms with E-state index in [2.05, 4.69) is 32.9 Å². The van der Waals surface area contributed by atoms with E-state index in [-0.39, 0.29) is 5.97 Å². The highest BCUT2D eigenvalue weighted by molar-refractivity contribution is 14.1. The van der Waals surface area contributed by atoms with Crippen LogP contribution in [0.3, 0.4) is 0 Å². The fourth-order valence-corrected chi connectivity index (χ4v) is 3.41. The number of aryl methyl sites for hydroxylation is 1. The maximum Gasteiger partial charge on any atom is 0.306 e. The van der Waals surface area contributed by atoms with Gasteiger partial charge in [0, 0.05) is 20.4 Å². The lowest BCUT2D eigenvalue weighted by molar-refractivity contribution is -0.143. The molecule has 21 heavy (non-hydrogen) atoms. The smallest absolute Gasteiger partial charge is 0.306 e. The van der Waals surface area contributed by atoms with Crippen LogP contribution >= 0.6 is 45.5 Å². The Morgan fingerprint density at radius 2 is 2.33 bits per heavy atom. The summed E-state index contributed by atoms with van der Waals surface area (Å²) < 4.78 is 5.93. The summed E-state index contributed by atoms with van der Waals surface area (Å²) in [5.74, 6) is -0.188. The number of hydrogen-bond donors (Lipinski definition) is 1. The summed E-state index contributed by atoms with van der Waals surface area (Å²) >= 11 is 9.67. The van der Waals surface area contributed by atoms with Gasteiger partial charge in [-0.1, -0.05) is 11.6 Å². The number of carbonyl (C=O) groups is 1. The molecule has 4 nitrogen and oxygen atoms in total. The highest BCUT2D eigenvalue weighted by Gasteiger charge is 2.08. The van der Waals surface area contributed by atoms with E-state index in [4.69, 9.17) is 16.3 Å². The number of carbonyl (C=O) groups excluding carboxylic acids is 1. The van der Waals surface area contributed by atoms with Crippen LogP contribution in [0.2, 0.25) is 5.02 Å². The second-order valence-corrected chi connectivity index (χ2v) is 6.65. The van der Waals surface area contributed by atoms with E-state index < -0.39 is 0 Å². The summed E-state index contributed by atoms with van der Waals surface area (Å²) in [6, 6.07) is 5.64. The summed E-state index contributed by atoms with van der Waals surface area (Å²) in [7, 11) is 0. The molecule has 0 unspecified atom stereocenters. The van der Waals surface area contributed by atoms with E-state index in [1.807, 2.05) is 23.6 Å². The van der Waals surface area contributed by atoms with Gasteiger partial charge in [0.1, 0.15) is 0 Å². The number of nitrogens with zero attached hydrogens (tertiary/aromatic N) is 1. The molecule has 0 fully saturated rings. The molecule has 2 rings (SSSR count). The quantitative estimate of drug-likeness (QED) is 0.529. The standard InChI is InChI=1S/C14H14ClIN2O2S/c1-2-20-13(19)6-4-10-8-21-14(17-10)18-12-5-3-9(15)7-11(12)16/h3,5,7-8H,2,4,6H2,1H3,(H,17,18). The Morgan fingerprint density at radius 1 is 1.52 bits per heavy atom. The van der Waals surface area contributed by atoms with Crippen LogP contribution in [0.15, 0.2) is 23.6 Å². The first-order valence-electron chi connectivity index (χ1n) is 6.40. The number of anilines is 2. The zero-order valence-corrected chi connectivity index (χ0v) is 15.1. The van der Waals surface area contributed by atoms with Crippen LogP contribution in [-0.2, 0) is 16.0 Å². The SMILES string of the molecule is CCOC(=O)CCc1csc(Nc2ccc(Cl)cc2I)n1. The van der Waals surface area contributed by atoms with Crippen molar-refractivity contribution >= 4 is 62.3 Å². The van der Waals surface area contributed by atoms with Crippen molar-refractivity contribution in [3.63, 3.8) is 0 Å². The van der Waals surface area contributed by atoms with Crippen molar-refractivity contribution in [1.29, 1.82) is 0 Å².